The van der Waals surface area contributed by atoms with Crippen LogP contribution < -0.4 is 9.64 Å². The summed E-state index contributed by atoms with van der Waals surface area (Å²) in [5.74, 6) is 0.164. The average Bonchev–Trinajstić information content (AvgIpc) is 3.21. The molecule has 0 unspecified atom stereocenters. The lowest BCUT2D eigenvalue weighted by Gasteiger charge is -2.25. The van der Waals surface area contributed by atoms with E-state index < -0.39 is 0 Å². The van der Waals surface area contributed by atoms with Gasteiger partial charge in [0, 0.05) is 17.8 Å². The third-order valence-corrected chi connectivity index (χ3v) is 5.58. The summed E-state index contributed by atoms with van der Waals surface area (Å²) in [7, 11) is 0. The van der Waals surface area contributed by atoms with Crippen molar-refractivity contribution in [1.29, 1.82) is 0 Å². The van der Waals surface area contributed by atoms with Gasteiger partial charge in [-0.3, -0.25) is 19.3 Å². The van der Waals surface area contributed by atoms with Crippen LogP contribution in [-0.4, -0.2) is 60.4 Å². The largest absolute Gasteiger partial charge is 0.494 e. The van der Waals surface area contributed by atoms with Crippen molar-refractivity contribution in [2.75, 3.05) is 37.8 Å². The Labute approximate surface area is 195 Å². The van der Waals surface area contributed by atoms with Gasteiger partial charge in [0.2, 0.25) is 11.8 Å². The van der Waals surface area contributed by atoms with Crippen LogP contribution >= 0.6 is 0 Å². The second kappa shape index (κ2) is 11.5. The van der Waals surface area contributed by atoms with Gasteiger partial charge in [0.25, 0.3) is 5.91 Å². The Morgan fingerprint density at radius 2 is 1.82 bits per heavy atom. The summed E-state index contributed by atoms with van der Waals surface area (Å²) in [6, 6.07) is 14.7. The van der Waals surface area contributed by atoms with Gasteiger partial charge in [-0.2, -0.15) is 0 Å². The van der Waals surface area contributed by atoms with E-state index in [1.54, 1.807) is 34.1 Å². The number of carbonyl (C=O) groups excluding carboxylic acids is 3. The molecule has 0 spiro atoms. The zero-order chi connectivity index (χ0) is 23.8. The zero-order valence-corrected chi connectivity index (χ0v) is 19.8. The van der Waals surface area contributed by atoms with E-state index in [4.69, 9.17) is 4.74 Å². The Balaban J connectivity index is 1.63. The Hall–Kier alpha value is -3.35. The molecule has 2 aromatic rings. The molecule has 1 heterocycles. The second-order valence-electron chi connectivity index (χ2n) is 8.35. The highest BCUT2D eigenvalue weighted by molar-refractivity contribution is 6.01. The predicted molar refractivity (Wildman–Crippen MR) is 128 cm³/mol. The van der Waals surface area contributed by atoms with Crippen LogP contribution in [0.5, 0.6) is 5.75 Å². The van der Waals surface area contributed by atoms with E-state index in [9.17, 15) is 14.4 Å². The molecule has 0 bridgehead atoms. The molecule has 2 aromatic carbocycles. The lowest BCUT2D eigenvalue weighted by atomic mass is 10.2. The Bertz CT molecular complexity index is 974. The standard InChI is InChI=1S/C26H33N3O4/c1-4-6-15-33-23-12-10-21(11-13-23)26(32)27(14-5-2)17-24(30)28-18-25(31)29(19-28)22-9-7-8-20(3)16-22/h7-13,16H,4-6,14-15,17-19H2,1-3H3. The van der Waals surface area contributed by atoms with Crippen LogP contribution in [0.15, 0.2) is 48.5 Å². The highest BCUT2D eigenvalue weighted by Gasteiger charge is 2.33. The Morgan fingerprint density at radius 3 is 2.48 bits per heavy atom. The van der Waals surface area contributed by atoms with Gasteiger partial charge in [0.1, 0.15) is 25.5 Å². The smallest absolute Gasteiger partial charge is 0.254 e. The zero-order valence-electron chi connectivity index (χ0n) is 19.8. The molecule has 33 heavy (non-hydrogen) atoms. The van der Waals surface area contributed by atoms with Crippen molar-refractivity contribution >= 4 is 23.4 Å². The first kappa shape index (κ1) is 24.3. The molecule has 0 aliphatic carbocycles. The molecule has 1 saturated heterocycles. The minimum Gasteiger partial charge on any atom is -0.494 e. The van der Waals surface area contributed by atoms with Gasteiger partial charge in [-0.15, -0.1) is 0 Å². The summed E-state index contributed by atoms with van der Waals surface area (Å²) in [5.41, 5.74) is 2.34. The molecule has 0 aromatic heterocycles. The summed E-state index contributed by atoms with van der Waals surface area (Å²) >= 11 is 0. The average molecular weight is 452 g/mol. The number of anilines is 1. The number of amides is 3. The van der Waals surface area contributed by atoms with Crippen molar-refractivity contribution in [2.24, 2.45) is 0 Å². The maximum Gasteiger partial charge on any atom is 0.254 e. The molecule has 3 rings (SSSR count). The van der Waals surface area contributed by atoms with Crippen LogP contribution in [0, 0.1) is 6.92 Å². The minimum atomic E-state index is -0.236. The van der Waals surface area contributed by atoms with Crippen molar-refractivity contribution in [3.8, 4) is 5.75 Å². The SMILES string of the molecule is CCCCOc1ccc(C(=O)N(CCC)CC(=O)N2CC(=O)N(c3cccc(C)c3)C2)cc1. The molecule has 7 heteroatoms. The number of ether oxygens (including phenoxy) is 1. The van der Waals surface area contributed by atoms with Crippen LogP contribution in [0.25, 0.3) is 0 Å². The lowest BCUT2D eigenvalue weighted by molar-refractivity contribution is -0.132. The van der Waals surface area contributed by atoms with Crippen LogP contribution in [0.3, 0.4) is 0 Å². The third kappa shape index (κ3) is 6.34. The van der Waals surface area contributed by atoms with Gasteiger partial charge in [0.05, 0.1) is 6.61 Å². The number of hydrogen-bond donors (Lipinski definition) is 0. The number of hydrogen-bond acceptors (Lipinski definition) is 4. The highest BCUT2D eigenvalue weighted by Crippen LogP contribution is 2.21. The fourth-order valence-corrected chi connectivity index (χ4v) is 3.73. The van der Waals surface area contributed by atoms with Crippen LogP contribution in [0.2, 0.25) is 0 Å². The van der Waals surface area contributed by atoms with Crippen LogP contribution in [0.4, 0.5) is 5.69 Å². The molecular weight excluding hydrogens is 418 g/mol. The van der Waals surface area contributed by atoms with E-state index in [0.717, 1.165) is 36.3 Å². The van der Waals surface area contributed by atoms with E-state index in [1.807, 2.05) is 38.1 Å². The van der Waals surface area contributed by atoms with E-state index in [0.29, 0.717) is 18.7 Å². The predicted octanol–water partition coefficient (Wildman–Crippen LogP) is 3.86. The summed E-state index contributed by atoms with van der Waals surface area (Å²) in [6.45, 7) is 7.30. The van der Waals surface area contributed by atoms with Crippen molar-refractivity contribution in [3.63, 3.8) is 0 Å². The fourth-order valence-electron chi connectivity index (χ4n) is 3.73. The summed E-state index contributed by atoms with van der Waals surface area (Å²) < 4.78 is 5.66. The van der Waals surface area contributed by atoms with E-state index >= 15 is 0 Å². The molecular formula is C26H33N3O4. The number of unbranched alkanes of at least 4 members (excludes halogenated alkanes) is 1. The quantitative estimate of drug-likeness (QED) is 0.515. The van der Waals surface area contributed by atoms with Crippen molar-refractivity contribution < 1.29 is 19.1 Å². The molecule has 0 N–H and O–H groups in total. The summed E-state index contributed by atoms with van der Waals surface area (Å²) in [6.07, 6.45) is 2.76. The maximum atomic E-state index is 13.1. The van der Waals surface area contributed by atoms with E-state index in [1.165, 1.54) is 4.90 Å². The Kier molecular flexibility index (Phi) is 8.46. The highest BCUT2D eigenvalue weighted by atomic mass is 16.5. The molecule has 3 amide bonds. The topological polar surface area (TPSA) is 70.2 Å². The van der Waals surface area contributed by atoms with Gasteiger partial charge < -0.3 is 14.5 Å². The van der Waals surface area contributed by atoms with Gasteiger partial charge in [-0.25, -0.2) is 0 Å². The maximum absolute atomic E-state index is 13.1. The summed E-state index contributed by atoms with van der Waals surface area (Å²) in [4.78, 5) is 43.3. The van der Waals surface area contributed by atoms with Crippen LogP contribution in [0.1, 0.15) is 49.0 Å². The van der Waals surface area contributed by atoms with Crippen LogP contribution in [-0.2, 0) is 9.59 Å². The van der Waals surface area contributed by atoms with Gasteiger partial charge in [-0.05, 0) is 61.7 Å². The van der Waals surface area contributed by atoms with Gasteiger partial charge >= 0.3 is 0 Å². The van der Waals surface area contributed by atoms with Crippen molar-refractivity contribution in [1.82, 2.24) is 9.80 Å². The van der Waals surface area contributed by atoms with E-state index in [2.05, 4.69) is 6.92 Å². The first-order valence-corrected chi connectivity index (χ1v) is 11.6. The first-order valence-electron chi connectivity index (χ1n) is 11.6. The molecule has 7 nitrogen and oxygen atoms in total. The molecule has 0 saturated carbocycles. The van der Waals surface area contributed by atoms with Crippen molar-refractivity contribution in [2.45, 2.75) is 40.0 Å². The number of carbonyl (C=O) groups is 3. The summed E-state index contributed by atoms with van der Waals surface area (Å²) in [5, 5.41) is 0. The number of aryl methyl sites for hydroxylation is 1. The van der Waals surface area contributed by atoms with E-state index in [-0.39, 0.29) is 37.5 Å². The third-order valence-electron chi connectivity index (χ3n) is 5.58. The lowest BCUT2D eigenvalue weighted by Crippen LogP contribution is -2.43. The molecule has 1 fully saturated rings. The van der Waals surface area contributed by atoms with Gasteiger partial charge in [0.15, 0.2) is 0 Å². The number of nitrogens with zero attached hydrogens (tertiary/aromatic N) is 3. The molecule has 1 aliphatic heterocycles. The molecule has 1 aliphatic rings. The monoisotopic (exact) mass is 451 g/mol. The first-order chi connectivity index (χ1) is 15.9. The fraction of sp³-hybridized carbons (Fsp3) is 0.423. The Morgan fingerprint density at radius 1 is 1.06 bits per heavy atom. The van der Waals surface area contributed by atoms with Gasteiger partial charge in [-0.1, -0.05) is 32.4 Å². The second-order valence-corrected chi connectivity index (χ2v) is 8.35. The van der Waals surface area contributed by atoms with Crippen molar-refractivity contribution in [3.05, 3.63) is 59.7 Å². The number of rotatable bonds is 10. The normalized spacial score (nSPS) is 13.4. The number of benzene rings is 2. The minimum absolute atomic E-state index is 0.0186. The molecule has 0 radical (unpaired) electrons. The molecule has 176 valence electrons. The molecule has 0 atom stereocenters.